The second-order valence-electron chi connectivity index (χ2n) is 6.34. The standard InChI is InChI=1S/C14H18F3NO3/c1-7-9-3-2-4-10(12(19)14(15,16)17)11(9)5-8-6-21-13(20)18(7)8/h7-11H,2-6H2,1H3/t7-,8+,9-,10-,11-/m0/s1. The number of piperidine rings is 1. The summed E-state index contributed by atoms with van der Waals surface area (Å²) < 4.78 is 43.4. The molecule has 4 nitrogen and oxygen atoms in total. The van der Waals surface area contributed by atoms with Crippen LogP contribution in [-0.2, 0) is 9.53 Å². The number of Topliss-reactive ketones (excluding diaryl/α,β-unsaturated/α-hetero) is 1. The van der Waals surface area contributed by atoms with Crippen molar-refractivity contribution < 1.29 is 27.5 Å². The lowest BCUT2D eigenvalue weighted by molar-refractivity contribution is -0.181. The predicted octanol–water partition coefficient (Wildman–Crippen LogP) is 2.76. The van der Waals surface area contributed by atoms with Crippen molar-refractivity contribution in [1.29, 1.82) is 0 Å². The molecule has 2 saturated heterocycles. The fourth-order valence-corrected chi connectivity index (χ4v) is 4.45. The zero-order valence-electron chi connectivity index (χ0n) is 11.7. The molecule has 2 heterocycles. The number of hydrogen-bond acceptors (Lipinski definition) is 3. The minimum absolute atomic E-state index is 0.0445. The van der Waals surface area contributed by atoms with E-state index in [1.165, 1.54) is 0 Å². The number of nitrogens with zero attached hydrogens (tertiary/aromatic N) is 1. The highest BCUT2D eigenvalue weighted by molar-refractivity contribution is 5.86. The number of rotatable bonds is 1. The van der Waals surface area contributed by atoms with Gasteiger partial charge in [0.25, 0.3) is 0 Å². The van der Waals surface area contributed by atoms with Crippen molar-refractivity contribution in [3.05, 3.63) is 0 Å². The summed E-state index contributed by atoms with van der Waals surface area (Å²) in [6, 6.07) is -0.344. The Balaban J connectivity index is 1.85. The molecule has 0 unspecified atom stereocenters. The van der Waals surface area contributed by atoms with E-state index in [0.717, 1.165) is 6.42 Å². The molecular formula is C14H18F3NO3. The molecule has 5 atom stereocenters. The average Bonchev–Trinajstić information content (AvgIpc) is 2.78. The van der Waals surface area contributed by atoms with Crippen molar-refractivity contribution in [2.75, 3.05) is 6.61 Å². The first-order valence-electron chi connectivity index (χ1n) is 7.37. The van der Waals surface area contributed by atoms with Crippen LogP contribution in [0.4, 0.5) is 18.0 Å². The van der Waals surface area contributed by atoms with Crippen LogP contribution in [-0.4, -0.2) is 41.6 Å². The first-order chi connectivity index (χ1) is 9.80. The van der Waals surface area contributed by atoms with E-state index in [9.17, 15) is 22.8 Å². The van der Waals surface area contributed by atoms with Crippen LogP contribution in [0.15, 0.2) is 0 Å². The van der Waals surface area contributed by atoms with Crippen LogP contribution in [0.5, 0.6) is 0 Å². The first kappa shape index (κ1) is 14.7. The van der Waals surface area contributed by atoms with E-state index in [0.29, 0.717) is 19.3 Å². The zero-order valence-corrected chi connectivity index (χ0v) is 11.7. The van der Waals surface area contributed by atoms with Crippen LogP contribution in [0.3, 0.4) is 0 Å². The van der Waals surface area contributed by atoms with Crippen molar-refractivity contribution in [3.8, 4) is 0 Å². The summed E-state index contributed by atoms with van der Waals surface area (Å²) in [5.41, 5.74) is 0. The lowest BCUT2D eigenvalue weighted by Crippen LogP contribution is -2.56. The second kappa shape index (κ2) is 4.88. The van der Waals surface area contributed by atoms with Gasteiger partial charge in [-0.3, -0.25) is 9.69 Å². The highest BCUT2D eigenvalue weighted by Crippen LogP contribution is 2.48. The third-order valence-electron chi connectivity index (χ3n) is 5.34. The van der Waals surface area contributed by atoms with Crippen LogP contribution < -0.4 is 0 Å². The van der Waals surface area contributed by atoms with Crippen molar-refractivity contribution in [3.63, 3.8) is 0 Å². The van der Waals surface area contributed by atoms with E-state index >= 15 is 0 Å². The summed E-state index contributed by atoms with van der Waals surface area (Å²) >= 11 is 0. The first-order valence-corrected chi connectivity index (χ1v) is 7.37. The Bertz CT molecular complexity index is 465. The number of carbonyl (C=O) groups excluding carboxylic acids is 2. The van der Waals surface area contributed by atoms with Crippen LogP contribution in [0.1, 0.15) is 32.6 Å². The molecule has 0 radical (unpaired) electrons. The molecule has 3 rings (SSSR count). The Kier molecular flexibility index (Phi) is 3.41. The summed E-state index contributed by atoms with van der Waals surface area (Å²) in [5.74, 6) is -2.89. The Morgan fingerprint density at radius 2 is 2.00 bits per heavy atom. The van der Waals surface area contributed by atoms with Crippen LogP contribution in [0.25, 0.3) is 0 Å². The SMILES string of the molecule is C[C@H]1[C@@H]2CCC[C@H](C(=O)C(F)(F)F)[C@H]2C[C@@H]2COC(=O)N21. The Hall–Kier alpha value is -1.27. The van der Waals surface area contributed by atoms with Gasteiger partial charge in [0.2, 0.25) is 5.78 Å². The second-order valence-corrected chi connectivity index (χ2v) is 6.34. The highest BCUT2D eigenvalue weighted by Gasteiger charge is 2.55. The summed E-state index contributed by atoms with van der Waals surface area (Å²) in [6.07, 6.45) is -3.04. The lowest BCUT2D eigenvalue weighted by Gasteiger charge is -2.49. The minimum Gasteiger partial charge on any atom is -0.447 e. The van der Waals surface area contributed by atoms with Gasteiger partial charge in [-0.1, -0.05) is 6.42 Å². The van der Waals surface area contributed by atoms with Gasteiger partial charge < -0.3 is 4.74 Å². The third kappa shape index (κ3) is 2.30. The van der Waals surface area contributed by atoms with E-state index < -0.39 is 17.9 Å². The van der Waals surface area contributed by atoms with Crippen molar-refractivity contribution in [2.24, 2.45) is 17.8 Å². The molecule has 1 saturated carbocycles. The molecule has 0 aromatic heterocycles. The molecule has 3 aliphatic rings. The number of ether oxygens (including phenoxy) is 1. The van der Waals surface area contributed by atoms with Gasteiger partial charge in [0, 0.05) is 12.0 Å². The number of fused-ring (bicyclic) bond motifs is 2. The summed E-state index contributed by atoms with van der Waals surface area (Å²) in [6.45, 7) is 2.08. The summed E-state index contributed by atoms with van der Waals surface area (Å²) in [4.78, 5) is 25.1. The predicted molar refractivity (Wildman–Crippen MR) is 66.4 cm³/mol. The number of cyclic esters (lactones) is 1. The normalized spacial score (nSPS) is 39.5. The Morgan fingerprint density at radius 3 is 2.67 bits per heavy atom. The van der Waals surface area contributed by atoms with Crippen molar-refractivity contribution in [1.82, 2.24) is 4.90 Å². The fraction of sp³-hybridized carbons (Fsp3) is 0.857. The monoisotopic (exact) mass is 305 g/mol. The fourth-order valence-electron chi connectivity index (χ4n) is 4.45. The van der Waals surface area contributed by atoms with Gasteiger partial charge >= 0.3 is 12.3 Å². The van der Waals surface area contributed by atoms with Gasteiger partial charge in [0.05, 0.1) is 6.04 Å². The molecule has 1 amide bonds. The van der Waals surface area contributed by atoms with E-state index in [1.807, 2.05) is 6.92 Å². The van der Waals surface area contributed by atoms with E-state index in [4.69, 9.17) is 4.74 Å². The molecule has 0 aromatic carbocycles. The maximum absolute atomic E-state index is 12.8. The molecule has 118 valence electrons. The molecular weight excluding hydrogens is 287 g/mol. The molecule has 0 spiro atoms. The Labute approximate surface area is 120 Å². The van der Waals surface area contributed by atoms with E-state index in [1.54, 1.807) is 4.90 Å². The molecule has 21 heavy (non-hydrogen) atoms. The van der Waals surface area contributed by atoms with Gasteiger partial charge in [-0.15, -0.1) is 0 Å². The third-order valence-corrected chi connectivity index (χ3v) is 5.34. The Morgan fingerprint density at radius 1 is 1.29 bits per heavy atom. The molecule has 2 aliphatic heterocycles. The topological polar surface area (TPSA) is 46.6 Å². The average molecular weight is 305 g/mol. The number of amides is 1. The maximum atomic E-state index is 12.8. The molecule has 0 N–H and O–H groups in total. The zero-order chi connectivity index (χ0) is 15.4. The quantitative estimate of drug-likeness (QED) is 0.748. The van der Waals surface area contributed by atoms with E-state index in [-0.39, 0.29) is 36.6 Å². The maximum Gasteiger partial charge on any atom is 0.450 e. The number of carbonyl (C=O) groups is 2. The van der Waals surface area contributed by atoms with Crippen LogP contribution in [0.2, 0.25) is 0 Å². The largest absolute Gasteiger partial charge is 0.450 e. The number of ketones is 1. The van der Waals surface area contributed by atoms with Gasteiger partial charge in [-0.25, -0.2) is 4.79 Å². The summed E-state index contributed by atoms with van der Waals surface area (Å²) in [5, 5.41) is 0. The smallest absolute Gasteiger partial charge is 0.447 e. The molecule has 0 aromatic rings. The van der Waals surface area contributed by atoms with Crippen LogP contribution >= 0.6 is 0 Å². The molecule has 7 heteroatoms. The number of alkyl halides is 3. The van der Waals surface area contributed by atoms with Crippen molar-refractivity contribution >= 4 is 11.9 Å². The van der Waals surface area contributed by atoms with E-state index in [2.05, 4.69) is 0 Å². The van der Waals surface area contributed by atoms with Gasteiger partial charge in [0.1, 0.15) is 6.61 Å². The van der Waals surface area contributed by atoms with Crippen molar-refractivity contribution in [2.45, 2.75) is 50.9 Å². The number of hydrogen-bond donors (Lipinski definition) is 0. The van der Waals surface area contributed by atoms with Crippen LogP contribution in [0, 0.1) is 17.8 Å². The molecule has 0 bridgehead atoms. The highest BCUT2D eigenvalue weighted by atomic mass is 19.4. The molecule has 1 aliphatic carbocycles. The summed E-state index contributed by atoms with van der Waals surface area (Å²) in [7, 11) is 0. The minimum atomic E-state index is -4.77. The van der Waals surface area contributed by atoms with Gasteiger partial charge in [0.15, 0.2) is 0 Å². The molecule has 3 fully saturated rings. The van der Waals surface area contributed by atoms with Gasteiger partial charge in [-0.2, -0.15) is 13.2 Å². The van der Waals surface area contributed by atoms with Gasteiger partial charge in [-0.05, 0) is 38.0 Å². The lowest BCUT2D eigenvalue weighted by atomic mass is 9.63. The number of halogens is 3.